The van der Waals surface area contributed by atoms with E-state index in [1.807, 2.05) is 25.1 Å². The van der Waals surface area contributed by atoms with Gasteiger partial charge in [0.25, 0.3) is 0 Å². The molecule has 9 nitrogen and oxygen atoms in total. The van der Waals surface area contributed by atoms with Crippen LogP contribution in [0.5, 0.6) is 0 Å². The van der Waals surface area contributed by atoms with Crippen molar-refractivity contribution in [2.45, 2.75) is 45.1 Å². The molecule has 1 atom stereocenters. The lowest BCUT2D eigenvalue weighted by Crippen LogP contribution is -2.43. The number of unbranched alkanes of at least 4 members (excludes halogenated alkanes) is 1. The summed E-state index contributed by atoms with van der Waals surface area (Å²) in [5, 5.41) is 13.0. The number of anilines is 1. The summed E-state index contributed by atoms with van der Waals surface area (Å²) in [5.74, 6) is -0.0706. The number of fused-ring (bicyclic) bond motifs is 1. The largest absolute Gasteiger partial charge is 0.480 e. The first kappa shape index (κ1) is 25.4. The number of rotatable bonds is 13. The van der Waals surface area contributed by atoms with Gasteiger partial charge < -0.3 is 14.8 Å². The van der Waals surface area contributed by atoms with E-state index in [1.165, 1.54) is 6.07 Å². The lowest BCUT2D eigenvalue weighted by Gasteiger charge is -2.15. The molecule has 0 unspecified atom stereocenters. The number of sulfonamides is 1. The van der Waals surface area contributed by atoms with Crippen molar-refractivity contribution in [3.05, 3.63) is 70.2 Å². The molecule has 0 aliphatic carbocycles. The molecule has 34 heavy (non-hydrogen) atoms. The Hall–Kier alpha value is -3.24. The molecule has 0 saturated carbocycles. The molecule has 2 aromatic heterocycles. The number of benzene rings is 1. The predicted octanol–water partition coefficient (Wildman–Crippen LogP) is 2.95. The van der Waals surface area contributed by atoms with Gasteiger partial charge in [0.05, 0.1) is 11.1 Å². The predicted molar refractivity (Wildman–Crippen MR) is 130 cm³/mol. The lowest BCUT2D eigenvalue weighted by atomic mass is 10.0. The molecular weight excluding hydrogens is 458 g/mol. The first-order chi connectivity index (χ1) is 16.3. The van der Waals surface area contributed by atoms with E-state index in [0.717, 1.165) is 12.2 Å². The zero-order valence-corrected chi connectivity index (χ0v) is 19.8. The molecule has 3 aromatic rings. The van der Waals surface area contributed by atoms with Crippen molar-refractivity contribution in [1.29, 1.82) is 0 Å². The number of pyridine rings is 1. The number of nitrogens with one attached hydrogen (secondary N) is 2. The molecule has 2 heterocycles. The van der Waals surface area contributed by atoms with Gasteiger partial charge in [-0.2, -0.15) is 0 Å². The van der Waals surface area contributed by atoms with Gasteiger partial charge in [0.1, 0.15) is 23.2 Å². The number of carboxylic acid groups (broad SMARTS) is 1. The maximum atomic E-state index is 12.7. The van der Waals surface area contributed by atoms with E-state index in [-0.39, 0.29) is 17.6 Å². The summed E-state index contributed by atoms with van der Waals surface area (Å²) in [6.45, 7) is 2.53. The third kappa shape index (κ3) is 7.39. The molecule has 0 radical (unpaired) electrons. The quantitative estimate of drug-likeness (QED) is 0.313. The van der Waals surface area contributed by atoms with Crippen LogP contribution in [0.2, 0.25) is 0 Å². The number of aryl methyl sites for hydroxylation is 1. The first-order valence-corrected chi connectivity index (χ1v) is 12.9. The van der Waals surface area contributed by atoms with Gasteiger partial charge in [-0.15, -0.1) is 0 Å². The van der Waals surface area contributed by atoms with Crippen LogP contribution in [0.4, 0.5) is 5.82 Å². The average molecular weight is 488 g/mol. The van der Waals surface area contributed by atoms with Gasteiger partial charge in [-0.1, -0.05) is 25.5 Å². The van der Waals surface area contributed by atoms with Crippen LogP contribution in [0.15, 0.2) is 57.9 Å². The summed E-state index contributed by atoms with van der Waals surface area (Å²) in [7, 11) is -3.71. The molecular formula is C24H29N3O6S. The van der Waals surface area contributed by atoms with Gasteiger partial charge in [0.15, 0.2) is 5.43 Å². The van der Waals surface area contributed by atoms with Crippen molar-refractivity contribution in [2.75, 3.05) is 17.6 Å². The molecule has 0 saturated heterocycles. The number of aromatic nitrogens is 1. The van der Waals surface area contributed by atoms with E-state index in [1.54, 1.807) is 24.4 Å². The van der Waals surface area contributed by atoms with E-state index in [0.29, 0.717) is 48.1 Å². The van der Waals surface area contributed by atoms with E-state index in [2.05, 4.69) is 15.0 Å². The molecule has 0 bridgehead atoms. The van der Waals surface area contributed by atoms with Crippen molar-refractivity contribution >= 4 is 32.8 Å². The zero-order valence-electron chi connectivity index (χ0n) is 19.0. The van der Waals surface area contributed by atoms with Gasteiger partial charge in [-0.05, 0) is 49.1 Å². The molecule has 0 aliphatic heterocycles. The number of aliphatic carboxylic acids is 1. The molecule has 0 amide bonds. The van der Waals surface area contributed by atoms with Crippen molar-refractivity contribution in [3.63, 3.8) is 0 Å². The molecule has 0 spiro atoms. The van der Waals surface area contributed by atoms with Gasteiger partial charge >= 0.3 is 5.97 Å². The van der Waals surface area contributed by atoms with Gasteiger partial charge in [0.2, 0.25) is 10.0 Å². The summed E-state index contributed by atoms with van der Waals surface area (Å²) in [6, 6.07) is 10.6. The molecule has 0 fully saturated rings. The fourth-order valence-corrected chi connectivity index (χ4v) is 4.88. The number of hydrogen-bond donors (Lipinski definition) is 3. The second-order valence-corrected chi connectivity index (χ2v) is 9.91. The van der Waals surface area contributed by atoms with Crippen LogP contribution in [0.3, 0.4) is 0 Å². The van der Waals surface area contributed by atoms with Crippen LogP contribution >= 0.6 is 0 Å². The second-order valence-electron chi connectivity index (χ2n) is 8.04. The van der Waals surface area contributed by atoms with Crippen molar-refractivity contribution in [3.8, 4) is 0 Å². The monoisotopic (exact) mass is 487 g/mol. The minimum Gasteiger partial charge on any atom is -0.480 e. The van der Waals surface area contributed by atoms with E-state index >= 15 is 0 Å². The SMILES string of the molecule is CCCCS(=O)(=O)N[C@@H](Cc1ccc2oc(CCCNc3ccccn3)cc(=O)c2c1)C(=O)O. The zero-order chi connectivity index (χ0) is 24.6. The van der Waals surface area contributed by atoms with Gasteiger partial charge in [-0.3, -0.25) is 9.59 Å². The fraction of sp³-hybridized carbons (Fsp3) is 0.375. The molecule has 3 rings (SSSR count). The van der Waals surface area contributed by atoms with E-state index in [9.17, 15) is 23.1 Å². The topological polar surface area (TPSA) is 139 Å². The standard InChI is InChI=1S/C24H29N3O6S/c1-2-3-13-34(31,32)27-20(24(29)30)15-17-9-10-22-19(14-17)21(28)16-18(33-22)7-6-12-26-23-8-4-5-11-25-23/h4-5,8-11,14,16,20,27H,2-3,6-7,12-13,15H2,1H3,(H,25,26)(H,29,30)/t20-/m0/s1. The molecule has 3 N–H and O–H groups in total. The Bertz CT molecular complexity index is 1270. The average Bonchev–Trinajstić information content (AvgIpc) is 2.81. The summed E-state index contributed by atoms with van der Waals surface area (Å²) in [5.41, 5.74) is 0.697. The lowest BCUT2D eigenvalue weighted by molar-refractivity contribution is -0.138. The van der Waals surface area contributed by atoms with Crippen LogP contribution in [-0.2, 0) is 27.7 Å². The summed E-state index contributed by atoms with van der Waals surface area (Å²) in [6.07, 6.45) is 4.05. The van der Waals surface area contributed by atoms with Crippen LogP contribution in [0.25, 0.3) is 11.0 Å². The smallest absolute Gasteiger partial charge is 0.322 e. The van der Waals surface area contributed by atoms with Gasteiger partial charge in [0, 0.05) is 25.2 Å². The first-order valence-electron chi connectivity index (χ1n) is 11.2. The highest BCUT2D eigenvalue weighted by molar-refractivity contribution is 7.89. The molecule has 0 aliphatic rings. The maximum Gasteiger partial charge on any atom is 0.322 e. The molecule has 10 heteroatoms. The fourth-order valence-electron chi connectivity index (χ4n) is 3.48. The Balaban J connectivity index is 1.67. The van der Waals surface area contributed by atoms with Gasteiger partial charge in [-0.25, -0.2) is 18.1 Å². The van der Waals surface area contributed by atoms with Crippen molar-refractivity contribution < 1.29 is 22.7 Å². The Labute approximate surface area is 198 Å². The second kappa shape index (κ2) is 11.8. The Morgan fingerprint density at radius 2 is 2.00 bits per heavy atom. The Morgan fingerprint density at radius 1 is 1.18 bits per heavy atom. The van der Waals surface area contributed by atoms with Crippen molar-refractivity contribution in [1.82, 2.24) is 9.71 Å². The van der Waals surface area contributed by atoms with Crippen LogP contribution in [0.1, 0.15) is 37.5 Å². The summed E-state index contributed by atoms with van der Waals surface area (Å²) >= 11 is 0. The Kier molecular flexibility index (Phi) is 8.78. The highest BCUT2D eigenvalue weighted by atomic mass is 32.2. The van der Waals surface area contributed by atoms with Crippen LogP contribution in [0, 0.1) is 0 Å². The number of nitrogens with zero attached hydrogens (tertiary/aromatic N) is 1. The van der Waals surface area contributed by atoms with E-state index < -0.39 is 22.0 Å². The maximum absolute atomic E-state index is 12.7. The van der Waals surface area contributed by atoms with E-state index in [4.69, 9.17) is 4.42 Å². The summed E-state index contributed by atoms with van der Waals surface area (Å²) in [4.78, 5) is 28.5. The van der Waals surface area contributed by atoms with Crippen LogP contribution in [-0.4, -0.2) is 42.8 Å². The minimum absolute atomic E-state index is 0.0863. The Morgan fingerprint density at radius 3 is 2.71 bits per heavy atom. The van der Waals surface area contributed by atoms with Crippen molar-refractivity contribution in [2.24, 2.45) is 0 Å². The highest BCUT2D eigenvalue weighted by Crippen LogP contribution is 2.17. The summed E-state index contributed by atoms with van der Waals surface area (Å²) < 4.78 is 32.4. The van der Waals surface area contributed by atoms with Crippen LogP contribution < -0.4 is 15.5 Å². The molecule has 182 valence electrons. The highest BCUT2D eigenvalue weighted by Gasteiger charge is 2.24. The molecule has 1 aromatic carbocycles. The number of hydrogen-bond acceptors (Lipinski definition) is 7. The third-order valence-corrected chi connectivity index (χ3v) is 6.71. The minimum atomic E-state index is -3.71. The normalized spacial score (nSPS) is 12.5. The number of carboxylic acids is 1. The third-order valence-electron chi connectivity index (χ3n) is 5.24. The number of carbonyl (C=O) groups is 1.